The third-order valence-corrected chi connectivity index (χ3v) is 4.00. The zero-order chi connectivity index (χ0) is 13.9. The minimum atomic E-state index is 0.931. The Balaban J connectivity index is 1.69. The molecule has 1 fully saturated rings. The van der Waals surface area contributed by atoms with E-state index in [-0.39, 0.29) is 0 Å². The molecule has 3 heterocycles. The molecule has 0 saturated carbocycles. The van der Waals surface area contributed by atoms with Crippen LogP contribution in [-0.2, 0) is 0 Å². The van der Waals surface area contributed by atoms with Gasteiger partial charge in [0.15, 0.2) is 5.82 Å². The van der Waals surface area contributed by atoms with Gasteiger partial charge >= 0.3 is 0 Å². The van der Waals surface area contributed by atoms with Crippen LogP contribution in [-0.4, -0.2) is 41.4 Å². The summed E-state index contributed by atoms with van der Waals surface area (Å²) in [6.07, 6.45) is 3.61. The number of hydrogen-bond donors (Lipinski definition) is 0. The molecule has 0 radical (unpaired) electrons. The molecule has 0 bridgehead atoms. The standard InChI is InChI=1S/C14H16BrN5/c1-11-9-12(15)14(16-10-11)20-7-5-19(6-8-20)13-3-2-4-17-18-13/h2-4,9-10H,5-8H2,1H3. The molecule has 3 rings (SSSR count). The zero-order valence-corrected chi connectivity index (χ0v) is 12.9. The van der Waals surface area contributed by atoms with Crippen molar-refractivity contribution >= 4 is 27.6 Å². The van der Waals surface area contributed by atoms with Crippen molar-refractivity contribution in [1.29, 1.82) is 0 Å². The van der Waals surface area contributed by atoms with Crippen LogP contribution in [0, 0.1) is 6.92 Å². The van der Waals surface area contributed by atoms with E-state index < -0.39 is 0 Å². The van der Waals surface area contributed by atoms with Crippen LogP contribution in [0.1, 0.15) is 5.56 Å². The van der Waals surface area contributed by atoms with Crippen LogP contribution in [0.25, 0.3) is 0 Å². The molecule has 1 saturated heterocycles. The van der Waals surface area contributed by atoms with E-state index in [1.165, 1.54) is 5.56 Å². The van der Waals surface area contributed by atoms with Crippen LogP contribution in [0.15, 0.2) is 35.1 Å². The largest absolute Gasteiger partial charge is 0.352 e. The van der Waals surface area contributed by atoms with Gasteiger partial charge in [0.25, 0.3) is 0 Å². The molecule has 0 N–H and O–H groups in total. The van der Waals surface area contributed by atoms with Gasteiger partial charge < -0.3 is 9.80 Å². The minimum Gasteiger partial charge on any atom is -0.352 e. The Morgan fingerprint density at radius 2 is 1.90 bits per heavy atom. The minimum absolute atomic E-state index is 0.931. The summed E-state index contributed by atoms with van der Waals surface area (Å²) in [5.74, 6) is 1.97. The van der Waals surface area contributed by atoms with Crippen molar-refractivity contribution in [1.82, 2.24) is 15.2 Å². The number of rotatable bonds is 2. The molecule has 6 heteroatoms. The normalized spacial score (nSPS) is 15.5. The maximum absolute atomic E-state index is 4.53. The Morgan fingerprint density at radius 3 is 2.55 bits per heavy atom. The molecule has 0 amide bonds. The molecular weight excluding hydrogens is 318 g/mol. The summed E-state index contributed by atoms with van der Waals surface area (Å²) in [5, 5.41) is 8.10. The molecule has 2 aromatic heterocycles. The number of hydrogen-bond acceptors (Lipinski definition) is 5. The summed E-state index contributed by atoms with van der Waals surface area (Å²) in [4.78, 5) is 9.09. The predicted octanol–water partition coefficient (Wildman–Crippen LogP) is 2.27. The van der Waals surface area contributed by atoms with E-state index in [1.807, 2.05) is 25.3 Å². The lowest BCUT2D eigenvalue weighted by Crippen LogP contribution is -2.47. The van der Waals surface area contributed by atoms with E-state index in [9.17, 15) is 0 Å². The van der Waals surface area contributed by atoms with Crippen LogP contribution in [0.4, 0.5) is 11.6 Å². The van der Waals surface area contributed by atoms with Crippen molar-refractivity contribution in [2.45, 2.75) is 6.92 Å². The summed E-state index contributed by atoms with van der Waals surface area (Å²) in [6.45, 7) is 5.78. The molecule has 0 unspecified atom stereocenters. The first-order valence-electron chi connectivity index (χ1n) is 6.64. The number of aromatic nitrogens is 3. The van der Waals surface area contributed by atoms with E-state index in [1.54, 1.807) is 6.20 Å². The summed E-state index contributed by atoms with van der Waals surface area (Å²) in [7, 11) is 0. The third kappa shape index (κ3) is 2.75. The van der Waals surface area contributed by atoms with Gasteiger partial charge in [0.2, 0.25) is 0 Å². The summed E-state index contributed by atoms with van der Waals surface area (Å²) in [5.41, 5.74) is 1.17. The fourth-order valence-corrected chi connectivity index (χ4v) is 3.08. The van der Waals surface area contributed by atoms with Crippen molar-refractivity contribution in [3.8, 4) is 0 Å². The number of pyridine rings is 1. The van der Waals surface area contributed by atoms with E-state index in [2.05, 4.69) is 47.0 Å². The van der Waals surface area contributed by atoms with Crippen molar-refractivity contribution in [2.75, 3.05) is 36.0 Å². The highest BCUT2D eigenvalue weighted by molar-refractivity contribution is 9.10. The van der Waals surface area contributed by atoms with Gasteiger partial charge in [0, 0.05) is 38.6 Å². The van der Waals surface area contributed by atoms with Gasteiger partial charge in [-0.25, -0.2) is 4.98 Å². The molecule has 0 spiro atoms. The number of aryl methyl sites for hydroxylation is 1. The lowest BCUT2D eigenvalue weighted by molar-refractivity contribution is 0.637. The zero-order valence-electron chi connectivity index (χ0n) is 11.3. The fraction of sp³-hybridized carbons (Fsp3) is 0.357. The Labute approximate surface area is 126 Å². The number of halogens is 1. The second-order valence-corrected chi connectivity index (χ2v) is 5.73. The SMILES string of the molecule is Cc1cnc(N2CCN(c3cccnn3)CC2)c(Br)c1. The van der Waals surface area contributed by atoms with Gasteiger partial charge in [-0.1, -0.05) is 0 Å². The Hall–Kier alpha value is -1.69. The number of piperazine rings is 1. The Kier molecular flexibility index (Phi) is 3.82. The van der Waals surface area contributed by atoms with Crippen LogP contribution >= 0.6 is 15.9 Å². The molecule has 20 heavy (non-hydrogen) atoms. The topological polar surface area (TPSA) is 45.2 Å². The van der Waals surface area contributed by atoms with Gasteiger partial charge in [-0.3, -0.25) is 0 Å². The second kappa shape index (κ2) is 5.75. The molecule has 0 atom stereocenters. The van der Waals surface area contributed by atoms with Crippen LogP contribution in [0.5, 0.6) is 0 Å². The molecule has 5 nitrogen and oxygen atoms in total. The predicted molar refractivity (Wildman–Crippen MR) is 83.1 cm³/mol. The molecule has 1 aliphatic rings. The summed E-state index contributed by atoms with van der Waals surface area (Å²) in [6, 6.07) is 6.03. The monoisotopic (exact) mass is 333 g/mol. The maximum atomic E-state index is 4.53. The smallest absolute Gasteiger partial charge is 0.151 e. The Morgan fingerprint density at radius 1 is 1.15 bits per heavy atom. The molecule has 2 aromatic rings. The van der Waals surface area contributed by atoms with Crippen molar-refractivity contribution < 1.29 is 0 Å². The van der Waals surface area contributed by atoms with Gasteiger partial charge in [-0.2, -0.15) is 5.10 Å². The highest BCUT2D eigenvalue weighted by Gasteiger charge is 2.20. The summed E-state index contributed by atoms with van der Waals surface area (Å²) >= 11 is 3.60. The summed E-state index contributed by atoms with van der Waals surface area (Å²) < 4.78 is 1.06. The van der Waals surface area contributed by atoms with Crippen molar-refractivity contribution in [2.24, 2.45) is 0 Å². The Bertz CT molecular complexity index is 581. The number of anilines is 2. The van der Waals surface area contributed by atoms with E-state index in [0.717, 1.165) is 42.3 Å². The lowest BCUT2D eigenvalue weighted by atomic mass is 10.2. The number of nitrogens with zero attached hydrogens (tertiary/aromatic N) is 5. The van der Waals surface area contributed by atoms with E-state index in [4.69, 9.17) is 0 Å². The van der Waals surface area contributed by atoms with Crippen molar-refractivity contribution in [3.05, 3.63) is 40.6 Å². The maximum Gasteiger partial charge on any atom is 0.151 e. The van der Waals surface area contributed by atoms with Crippen LogP contribution in [0.3, 0.4) is 0 Å². The highest BCUT2D eigenvalue weighted by Crippen LogP contribution is 2.26. The van der Waals surface area contributed by atoms with E-state index in [0.29, 0.717) is 0 Å². The van der Waals surface area contributed by atoms with Crippen molar-refractivity contribution in [3.63, 3.8) is 0 Å². The van der Waals surface area contributed by atoms with Gasteiger partial charge in [-0.15, -0.1) is 5.10 Å². The van der Waals surface area contributed by atoms with Gasteiger partial charge in [-0.05, 0) is 46.6 Å². The molecule has 104 valence electrons. The van der Waals surface area contributed by atoms with Crippen LogP contribution in [0.2, 0.25) is 0 Å². The lowest BCUT2D eigenvalue weighted by Gasteiger charge is -2.36. The highest BCUT2D eigenvalue weighted by atomic mass is 79.9. The second-order valence-electron chi connectivity index (χ2n) is 4.87. The molecule has 0 aliphatic carbocycles. The average Bonchev–Trinajstić information content (AvgIpc) is 2.48. The third-order valence-electron chi connectivity index (χ3n) is 3.42. The molecule has 0 aromatic carbocycles. The quantitative estimate of drug-likeness (QED) is 0.843. The first kappa shape index (κ1) is 13.3. The molecular formula is C14H16BrN5. The first-order chi connectivity index (χ1) is 9.74. The average molecular weight is 334 g/mol. The van der Waals surface area contributed by atoms with E-state index >= 15 is 0 Å². The van der Waals surface area contributed by atoms with Gasteiger partial charge in [0.1, 0.15) is 5.82 Å². The van der Waals surface area contributed by atoms with Gasteiger partial charge in [0.05, 0.1) is 4.47 Å². The molecule has 1 aliphatic heterocycles. The van der Waals surface area contributed by atoms with Crippen LogP contribution < -0.4 is 9.80 Å². The fourth-order valence-electron chi connectivity index (χ4n) is 2.37. The first-order valence-corrected chi connectivity index (χ1v) is 7.43.